The van der Waals surface area contributed by atoms with Crippen LogP contribution in [0.15, 0.2) is 17.3 Å². The number of nitrogens with zero attached hydrogens (tertiary/aromatic N) is 3. The molecule has 0 bridgehead atoms. The number of hydrogen-bond donors (Lipinski definition) is 2. The van der Waals surface area contributed by atoms with E-state index in [-0.39, 0.29) is 30.5 Å². The summed E-state index contributed by atoms with van der Waals surface area (Å²) >= 11 is 1.32. The van der Waals surface area contributed by atoms with Crippen molar-refractivity contribution in [3.8, 4) is 0 Å². The van der Waals surface area contributed by atoms with Gasteiger partial charge in [-0.25, -0.2) is 4.79 Å². The van der Waals surface area contributed by atoms with Crippen molar-refractivity contribution in [1.82, 2.24) is 20.0 Å². The Morgan fingerprint density at radius 3 is 2.68 bits per heavy atom. The molecular weight excluding hydrogens is 388 g/mol. The van der Waals surface area contributed by atoms with Crippen LogP contribution in [0, 0.1) is 13.8 Å². The maximum Gasteiger partial charge on any atom is 0.352 e. The smallest absolute Gasteiger partial charge is 0.352 e. The van der Waals surface area contributed by atoms with E-state index in [0.29, 0.717) is 5.57 Å². The Hall–Kier alpha value is -2.82. The highest BCUT2D eigenvalue weighted by Gasteiger charge is 2.54. The summed E-state index contributed by atoms with van der Waals surface area (Å²) in [6, 6.07) is 1.04. The van der Waals surface area contributed by atoms with Gasteiger partial charge in [0, 0.05) is 23.9 Å². The monoisotopic (exact) mass is 408 g/mol. The van der Waals surface area contributed by atoms with Gasteiger partial charge in [0.1, 0.15) is 30.3 Å². The first kappa shape index (κ1) is 19.9. The maximum atomic E-state index is 12.5. The summed E-state index contributed by atoms with van der Waals surface area (Å²) in [6.45, 7) is 4.66. The molecule has 2 amide bonds. The minimum atomic E-state index is -1.27. The lowest BCUT2D eigenvalue weighted by Crippen LogP contribution is -2.70. The Balaban J connectivity index is 1.69. The molecule has 0 aromatic carbocycles. The number of nitrogens with one attached hydrogen (secondary N) is 1. The van der Waals surface area contributed by atoms with Gasteiger partial charge in [-0.15, -0.1) is 11.8 Å². The van der Waals surface area contributed by atoms with Gasteiger partial charge in [0.2, 0.25) is 5.91 Å². The number of aryl methyl sites for hydroxylation is 2. The number of thioether (sulfide) groups is 1. The van der Waals surface area contributed by atoms with Crippen LogP contribution >= 0.6 is 11.8 Å². The second-order valence-electron chi connectivity index (χ2n) is 6.58. The van der Waals surface area contributed by atoms with Crippen LogP contribution in [0.2, 0.25) is 0 Å². The van der Waals surface area contributed by atoms with Gasteiger partial charge in [-0.1, -0.05) is 0 Å². The Morgan fingerprint density at radius 2 is 2.11 bits per heavy atom. The van der Waals surface area contributed by atoms with Gasteiger partial charge in [-0.05, 0) is 19.9 Å². The first-order chi connectivity index (χ1) is 13.2. The standard InChI is InChI=1S/C17H20N4O6S/c1-8-4-9(2)20(19-8)5-12(23)18-13-15(24)21-14(17(25)26)11(6-27-10(3)22)7-28-16(13)21/h4,13,16H,5-7H2,1-3H3,(H,18,23)(H,25,26)/t13-,16-/m0/s1. The summed E-state index contributed by atoms with van der Waals surface area (Å²) in [6.07, 6.45) is 0. The van der Waals surface area contributed by atoms with Crippen molar-refractivity contribution in [2.45, 2.75) is 38.7 Å². The largest absolute Gasteiger partial charge is 0.477 e. The zero-order valence-corrected chi connectivity index (χ0v) is 16.4. The number of aliphatic carboxylic acids is 1. The highest BCUT2D eigenvalue weighted by Crippen LogP contribution is 2.40. The molecule has 11 heteroatoms. The van der Waals surface area contributed by atoms with Gasteiger partial charge in [-0.2, -0.15) is 5.10 Å². The molecule has 0 spiro atoms. The average molecular weight is 408 g/mol. The SMILES string of the molecule is CC(=O)OCC1=C(C(=O)O)N2C(=O)[C@H](NC(=O)Cn3nc(C)cc3C)[C@@H]2SC1. The summed E-state index contributed by atoms with van der Waals surface area (Å²) in [5, 5.41) is 15.9. The molecule has 1 aromatic rings. The fourth-order valence-corrected chi connectivity index (χ4v) is 4.50. The van der Waals surface area contributed by atoms with Crippen LogP contribution < -0.4 is 5.32 Å². The fourth-order valence-electron chi connectivity index (χ4n) is 3.17. The molecule has 28 heavy (non-hydrogen) atoms. The topological polar surface area (TPSA) is 131 Å². The summed E-state index contributed by atoms with van der Waals surface area (Å²) in [5.41, 5.74) is 1.78. The van der Waals surface area contributed by atoms with Crippen LogP contribution in [0.4, 0.5) is 0 Å². The lowest BCUT2D eigenvalue weighted by Gasteiger charge is -2.49. The van der Waals surface area contributed by atoms with Crippen molar-refractivity contribution in [2.75, 3.05) is 12.4 Å². The number of β-lactam (4-membered cyclic amide) rings is 1. The number of amides is 2. The number of hydrogen-bond acceptors (Lipinski definition) is 7. The van der Waals surface area contributed by atoms with Gasteiger partial charge in [0.05, 0.1) is 5.69 Å². The molecule has 0 unspecified atom stereocenters. The zero-order valence-electron chi connectivity index (χ0n) is 15.6. The van der Waals surface area contributed by atoms with E-state index in [2.05, 4.69) is 10.4 Å². The highest BCUT2D eigenvalue weighted by molar-refractivity contribution is 8.00. The second-order valence-corrected chi connectivity index (χ2v) is 7.68. The van der Waals surface area contributed by atoms with Gasteiger partial charge in [0.25, 0.3) is 5.91 Å². The minimum absolute atomic E-state index is 0.0276. The number of carboxylic acids is 1. The molecule has 2 aliphatic heterocycles. The van der Waals surface area contributed by atoms with Crippen LogP contribution in [-0.4, -0.2) is 67.3 Å². The molecule has 0 radical (unpaired) electrons. The number of ether oxygens (including phenoxy) is 1. The molecular formula is C17H20N4O6S. The second kappa shape index (κ2) is 7.66. The first-order valence-electron chi connectivity index (χ1n) is 8.52. The summed E-state index contributed by atoms with van der Waals surface area (Å²) in [4.78, 5) is 48.6. The van der Waals surface area contributed by atoms with Crippen molar-refractivity contribution < 1.29 is 29.0 Å². The lowest BCUT2D eigenvalue weighted by molar-refractivity contribution is -0.151. The fraction of sp³-hybridized carbons (Fsp3) is 0.471. The number of esters is 1. The minimum Gasteiger partial charge on any atom is -0.477 e. The van der Waals surface area contributed by atoms with Crippen LogP contribution in [0.1, 0.15) is 18.3 Å². The molecule has 0 saturated carbocycles. The van der Waals surface area contributed by atoms with Crippen molar-refractivity contribution in [3.05, 3.63) is 28.7 Å². The Morgan fingerprint density at radius 1 is 1.39 bits per heavy atom. The van der Waals surface area contributed by atoms with Crippen LogP contribution in [0.3, 0.4) is 0 Å². The number of fused-ring (bicyclic) bond motifs is 1. The number of aromatic nitrogens is 2. The van der Waals surface area contributed by atoms with Crippen LogP contribution in [0.25, 0.3) is 0 Å². The van der Waals surface area contributed by atoms with E-state index in [4.69, 9.17) is 4.74 Å². The Labute approximate surface area is 164 Å². The molecule has 2 atom stereocenters. The van der Waals surface area contributed by atoms with Gasteiger partial charge < -0.3 is 15.2 Å². The normalized spacial score (nSPS) is 21.1. The maximum absolute atomic E-state index is 12.5. The number of carbonyl (C=O) groups is 4. The van der Waals surface area contributed by atoms with Crippen molar-refractivity contribution >= 4 is 35.5 Å². The third-order valence-corrected chi connectivity index (χ3v) is 5.75. The predicted octanol–water partition coefficient (Wildman–Crippen LogP) is -0.198. The molecule has 2 aliphatic rings. The third-order valence-electron chi connectivity index (χ3n) is 4.41. The lowest BCUT2D eigenvalue weighted by atomic mass is 10.0. The molecule has 0 aliphatic carbocycles. The van der Waals surface area contributed by atoms with E-state index in [1.165, 1.54) is 18.7 Å². The van der Waals surface area contributed by atoms with Crippen molar-refractivity contribution in [2.24, 2.45) is 0 Å². The van der Waals surface area contributed by atoms with Gasteiger partial charge in [-0.3, -0.25) is 24.0 Å². The van der Waals surface area contributed by atoms with Crippen molar-refractivity contribution in [1.29, 1.82) is 0 Å². The summed E-state index contributed by atoms with van der Waals surface area (Å²) in [7, 11) is 0. The van der Waals surface area contributed by atoms with E-state index in [0.717, 1.165) is 16.3 Å². The average Bonchev–Trinajstić information content (AvgIpc) is 2.93. The molecule has 3 heterocycles. The first-order valence-corrected chi connectivity index (χ1v) is 9.57. The summed E-state index contributed by atoms with van der Waals surface area (Å²) in [5.74, 6) is -2.40. The molecule has 2 N–H and O–H groups in total. The van der Waals surface area contributed by atoms with Crippen LogP contribution in [0.5, 0.6) is 0 Å². The summed E-state index contributed by atoms with van der Waals surface area (Å²) < 4.78 is 6.43. The van der Waals surface area contributed by atoms with Gasteiger partial charge in [0.15, 0.2) is 0 Å². The van der Waals surface area contributed by atoms with E-state index in [1.54, 1.807) is 4.68 Å². The Bertz CT molecular complexity index is 892. The molecule has 150 valence electrons. The molecule has 3 rings (SSSR count). The Kier molecular flexibility index (Phi) is 5.45. The quantitative estimate of drug-likeness (QED) is 0.489. The predicted molar refractivity (Wildman–Crippen MR) is 98.0 cm³/mol. The van der Waals surface area contributed by atoms with Crippen molar-refractivity contribution in [3.63, 3.8) is 0 Å². The molecule has 1 fully saturated rings. The molecule has 1 saturated heterocycles. The number of rotatable bonds is 6. The van der Waals surface area contributed by atoms with E-state index in [9.17, 15) is 24.3 Å². The third kappa shape index (κ3) is 3.75. The van der Waals surface area contributed by atoms with E-state index in [1.807, 2.05) is 19.9 Å². The zero-order chi connectivity index (χ0) is 20.6. The van der Waals surface area contributed by atoms with Crippen LogP contribution in [-0.2, 0) is 30.5 Å². The molecule has 10 nitrogen and oxygen atoms in total. The van der Waals surface area contributed by atoms with E-state index < -0.39 is 29.3 Å². The number of carbonyl (C=O) groups excluding carboxylic acids is 3. The van der Waals surface area contributed by atoms with E-state index >= 15 is 0 Å². The molecule has 1 aromatic heterocycles. The number of carboxylic acid groups (broad SMARTS) is 1. The highest BCUT2D eigenvalue weighted by atomic mass is 32.2. The van der Waals surface area contributed by atoms with Gasteiger partial charge >= 0.3 is 11.9 Å².